The maximum absolute atomic E-state index is 12.4. The Balaban J connectivity index is 4.00. The number of esters is 2. The van der Waals surface area contributed by atoms with Gasteiger partial charge >= 0.3 is 19.8 Å². The van der Waals surface area contributed by atoms with Crippen molar-refractivity contribution in [1.82, 2.24) is 0 Å². The van der Waals surface area contributed by atoms with Crippen LogP contribution in [0.1, 0.15) is 181 Å². The third kappa shape index (κ3) is 38.8. The number of phosphoric acid groups is 1. The topological polar surface area (TPSA) is 119 Å². The van der Waals surface area contributed by atoms with Gasteiger partial charge in [-0.05, 0) is 77.0 Å². The van der Waals surface area contributed by atoms with E-state index in [0.717, 1.165) is 64.2 Å². The summed E-state index contributed by atoms with van der Waals surface area (Å²) in [5.41, 5.74) is 0. The fourth-order valence-electron chi connectivity index (χ4n) is 5.31. The second-order valence-corrected chi connectivity index (χ2v) is 14.5. The van der Waals surface area contributed by atoms with Crippen LogP contribution >= 0.6 is 7.82 Å². The monoisotopic (exact) mass is 725 g/mol. The fourth-order valence-corrected chi connectivity index (χ4v) is 5.67. The highest BCUT2D eigenvalue weighted by Gasteiger charge is 2.22. The number of phosphoric ester groups is 1. The van der Waals surface area contributed by atoms with Crippen molar-refractivity contribution < 1.29 is 37.9 Å². The average Bonchev–Trinajstić information content (AvgIpc) is 3.08. The number of carbonyl (C=O) groups is 2. The van der Waals surface area contributed by atoms with Crippen molar-refractivity contribution in [3.05, 3.63) is 48.6 Å². The Hall–Kier alpha value is -1.99. The van der Waals surface area contributed by atoms with Gasteiger partial charge in [-0.2, -0.15) is 0 Å². The lowest BCUT2D eigenvalue weighted by molar-refractivity contribution is -0.161. The molecule has 9 heteroatoms. The first kappa shape index (κ1) is 48.0. The predicted molar refractivity (Wildman–Crippen MR) is 207 cm³/mol. The van der Waals surface area contributed by atoms with E-state index in [2.05, 4.69) is 67.0 Å². The molecule has 0 bridgehead atoms. The summed E-state index contributed by atoms with van der Waals surface area (Å²) in [5, 5.41) is 0. The summed E-state index contributed by atoms with van der Waals surface area (Å²) in [5.74, 6) is -0.916. The molecule has 0 spiro atoms. The molecule has 0 aromatic rings. The number of hydrogen-bond acceptors (Lipinski definition) is 6. The van der Waals surface area contributed by atoms with Gasteiger partial charge in [-0.25, -0.2) is 4.57 Å². The molecule has 0 aromatic carbocycles. The van der Waals surface area contributed by atoms with Crippen LogP contribution < -0.4 is 0 Å². The maximum atomic E-state index is 12.4. The molecule has 50 heavy (non-hydrogen) atoms. The zero-order valence-corrected chi connectivity index (χ0v) is 32.7. The van der Waals surface area contributed by atoms with Crippen LogP contribution in [0, 0.1) is 0 Å². The zero-order chi connectivity index (χ0) is 36.8. The molecule has 0 aromatic heterocycles. The van der Waals surface area contributed by atoms with Crippen molar-refractivity contribution in [2.75, 3.05) is 13.2 Å². The predicted octanol–water partition coefficient (Wildman–Crippen LogP) is 12.0. The van der Waals surface area contributed by atoms with Crippen LogP contribution in [-0.2, 0) is 28.2 Å². The number of unbranched alkanes of at least 4 members (excludes halogenated alkanes) is 18. The number of allylic oxidation sites excluding steroid dienone is 8. The molecule has 8 nitrogen and oxygen atoms in total. The summed E-state index contributed by atoms with van der Waals surface area (Å²) in [6.07, 6.45) is 43.9. The van der Waals surface area contributed by atoms with Gasteiger partial charge in [0.05, 0.1) is 6.61 Å². The first-order valence-electron chi connectivity index (χ1n) is 19.9. The van der Waals surface area contributed by atoms with Gasteiger partial charge < -0.3 is 19.3 Å². The number of hydrogen-bond donors (Lipinski definition) is 2. The average molecular weight is 725 g/mol. The maximum Gasteiger partial charge on any atom is 0.469 e. The largest absolute Gasteiger partial charge is 0.469 e. The molecule has 0 radical (unpaired) electrons. The molecule has 0 unspecified atom stereocenters. The molecule has 290 valence electrons. The van der Waals surface area contributed by atoms with Crippen molar-refractivity contribution in [1.29, 1.82) is 0 Å². The minimum absolute atomic E-state index is 0.184. The highest BCUT2D eigenvalue weighted by molar-refractivity contribution is 7.46. The summed E-state index contributed by atoms with van der Waals surface area (Å²) < 4.78 is 26.3. The number of carbonyl (C=O) groups excluding carboxylic acids is 2. The van der Waals surface area contributed by atoms with E-state index in [-0.39, 0.29) is 19.4 Å². The van der Waals surface area contributed by atoms with E-state index in [1.165, 1.54) is 77.0 Å². The molecule has 0 aliphatic heterocycles. The lowest BCUT2D eigenvalue weighted by Crippen LogP contribution is -2.29. The van der Waals surface area contributed by atoms with Gasteiger partial charge in [0.1, 0.15) is 6.61 Å². The first-order chi connectivity index (χ1) is 24.3. The minimum atomic E-state index is -4.76. The fraction of sp³-hybridized carbons (Fsp3) is 0.756. The first-order valence-corrected chi connectivity index (χ1v) is 21.5. The minimum Gasteiger partial charge on any atom is -0.462 e. The molecule has 0 fully saturated rings. The van der Waals surface area contributed by atoms with Gasteiger partial charge in [0.2, 0.25) is 0 Å². The Morgan fingerprint density at radius 3 is 1.40 bits per heavy atom. The Labute approximate surface area is 305 Å². The Morgan fingerprint density at radius 2 is 0.900 bits per heavy atom. The van der Waals surface area contributed by atoms with E-state index in [4.69, 9.17) is 19.3 Å². The van der Waals surface area contributed by atoms with Crippen molar-refractivity contribution in [2.45, 2.75) is 187 Å². The Kier molecular flexibility index (Phi) is 35.3. The van der Waals surface area contributed by atoms with Gasteiger partial charge in [0.15, 0.2) is 6.10 Å². The lowest BCUT2D eigenvalue weighted by Gasteiger charge is -2.18. The van der Waals surface area contributed by atoms with Gasteiger partial charge in [0.25, 0.3) is 0 Å². The second-order valence-electron chi connectivity index (χ2n) is 13.2. The third-order valence-electron chi connectivity index (χ3n) is 8.32. The molecule has 2 N–H and O–H groups in total. The van der Waals surface area contributed by atoms with Crippen LogP contribution in [0.3, 0.4) is 0 Å². The summed E-state index contributed by atoms with van der Waals surface area (Å²) in [4.78, 5) is 42.8. The standard InChI is InChI=1S/C41H73O8P/c1-3-5-7-9-11-13-15-17-19-20-22-24-26-28-30-32-34-36-41(43)49-39(38-48-50(44,45)46)37-47-40(42)35-33-31-29-27-25-23-21-18-16-14-12-10-8-6-4-2/h11,13-14,16-17,19,22,24,39H,3-10,12,15,18,20-21,23,25-38H2,1-2H3,(H2,44,45,46)/b13-11-,16-14-,19-17-,24-22-/t39-/m1/s1. The van der Waals surface area contributed by atoms with E-state index in [1.807, 2.05) is 0 Å². The Bertz CT molecular complexity index is 952. The van der Waals surface area contributed by atoms with Crippen LogP contribution in [0.4, 0.5) is 0 Å². The Morgan fingerprint density at radius 1 is 0.520 bits per heavy atom. The molecule has 1 atom stereocenters. The van der Waals surface area contributed by atoms with E-state index in [9.17, 15) is 14.2 Å². The van der Waals surface area contributed by atoms with Gasteiger partial charge in [-0.1, -0.05) is 140 Å². The van der Waals surface area contributed by atoms with E-state index in [0.29, 0.717) is 12.8 Å². The molecular formula is C41H73O8P. The molecule has 0 aliphatic rings. The van der Waals surface area contributed by atoms with Crippen molar-refractivity contribution >= 4 is 19.8 Å². The molecule has 0 rings (SSSR count). The summed E-state index contributed by atoms with van der Waals surface area (Å²) in [7, 11) is -4.76. The SMILES string of the molecule is CCCCC/C=C\C/C=C\C/C=C\CCCCCCC(=O)O[C@H](COC(=O)CCCCCCCCC/C=C\CCCCCC)COP(=O)(O)O. The highest BCUT2D eigenvalue weighted by atomic mass is 31.2. The third-order valence-corrected chi connectivity index (χ3v) is 8.81. The lowest BCUT2D eigenvalue weighted by atomic mass is 10.1. The molecule has 0 saturated carbocycles. The smallest absolute Gasteiger partial charge is 0.462 e. The van der Waals surface area contributed by atoms with Crippen LogP contribution in [0.2, 0.25) is 0 Å². The summed E-state index contributed by atoms with van der Waals surface area (Å²) in [6.45, 7) is 3.62. The number of rotatable bonds is 36. The molecule has 0 saturated heterocycles. The molecular weight excluding hydrogens is 651 g/mol. The van der Waals surface area contributed by atoms with Gasteiger partial charge in [-0.3, -0.25) is 14.1 Å². The zero-order valence-electron chi connectivity index (χ0n) is 31.8. The van der Waals surface area contributed by atoms with Crippen LogP contribution in [-0.4, -0.2) is 41.0 Å². The molecule has 0 heterocycles. The second kappa shape index (κ2) is 36.8. The summed E-state index contributed by atoms with van der Waals surface area (Å²) >= 11 is 0. The van der Waals surface area contributed by atoms with Gasteiger partial charge in [0, 0.05) is 12.8 Å². The molecule has 0 amide bonds. The van der Waals surface area contributed by atoms with Crippen LogP contribution in [0.5, 0.6) is 0 Å². The normalized spacial score (nSPS) is 13.0. The van der Waals surface area contributed by atoms with Crippen LogP contribution in [0.25, 0.3) is 0 Å². The van der Waals surface area contributed by atoms with Crippen molar-refractivity contribution in [2.24, 2.45) is 0 Å². The van der Waals surface area contributed by atoms with E-state index in [1.54, 1.807) is 0 Å². The van der Waals surface area contributed by atoms with Crippen molar-refractivity contribution in [3.8, 4) is 0 Å². The van der Waals surface area contributed by atoms with Gasteiger partial charge in [-0.15, -0.1) is 0 Å². The highest BCUT2D eigenvalue weighted by Crippen LogP contribution is 2.36. The van der Waals surface area contributed by atoms with E-state index >= 15 is 0 Å². The summed E-state index contributed by atoms with van der Waals surface area (Å²) in [6, 6.07) is 0. The van der Waals surface area contributed by atoms with E-state index < -0.39 is 32.5 Å². The quantitative estimate of drug-likeness (QED) is 0.0284. The number of ether oxygens (including phenoxy) is 2. The molecule has 0 aliphatic carbocycles. The van der Waals surface area contributed by atoms with Crippen LogP contribution in [0.15, 0.2) is 48.6 Å². The van der Waals surface area contributed by atoms with Crippen molar-refractivity contribution in [3.63, 3.8) is 0 Å².